The second-order valence-corrected chi connectivity index (χ2v) is 4.28. The van der Waals surface area contributed by atoms with Gasteiger partial charge in [-0.2, -0.15) is 0 Å². The SMILES string of the molecule is O=C1N[C@@H](c2cccc(Oc3ccccc3)c2)CO1. The predicted octanol–water partition coefficient (Wildman–Crippen LogP) is 3.26. The summed E-state index contributed by atoms with van der Waals surface area (Å²) >= 11 is 0. The van der Waals surface area contributed by atoms with E-state index >= 15 is 0 Å². The Balaban J connectivity index is 1.78. The molecule has 1 saturated heterocycles. The summed E-state index contributed by atoms with van der Waals surface area (Å²) in [4.78, 5) is 11.0. The summed E-state index contributed by atoms with van der Waals surface area (Å²) in [5.41, 5.74) is 0.972. The van der Waals surface area contributed by atoms with Crippen LogP contribution in [0.3, 0.4) is 0 Å². The molecular weight excluding hydrogens is 242 g/mol. The Labute approximate surface area is 111 Å². The van der Waals surface area contributed by atoms with Crippen LogP contribution in [0.15, 0.2) is 54.6 Å². The Bertz CT molecular complexity index is 583. The normalized spacial score (nSPS) is 17.7. The molecule has 0 unspecified atom stereocenters. The van der Waals surface area contributed by atoms with Gasteiger partial charge in [0.25, 0.3) is 0 Å². The molecule has 0 bridgehead atoms. The fraction of sp³-hybridized carbons (Fsp3) is 0.133. The molecule has 1 heterocycles. The van der Waals surface area contributed by atoms with Crippen LogP contribution < -0.4 is 10.1 Å². The van der Waals surface area contributed by atoms with E-state index in [4.69, 9.17) is 9.47 Å². The number of ether oxygens (including phenoxy) is 2. The Kier molecular flexibility index (Phi) is 3.06. The summed E-state index contributed by atoms with van der Waals surface area (Å²) in [7, 11) is 0. The standard InChI is InChI=1S/C15H13NO3/c17-15-16-14(10-18-15)11-5-4-8-13(9-11)19-12-6-2-1-3-7-12/h1-9,14H,10H2,(H,16,17)/t14-/m1/s1. The summed E-state index contributed by atoms with van der Waals surface area (Å²) in [5, 5.41) is 2.74. The van der Waals surface area contributed by atoms with E-state index < -0.39 is 0 Å². The molecule has 0 spiro atoms. The summed E-state index contributed by atoms with van der Waals surface area (Å²) in [6, 6.07) is 17.1. The van der Waals surface area contributed by atoms with Crippen molar-refractivity contribution in [1.29, 1.82) is 0 Å². The zero-order chi connectivity index (χ0) is 13.1. The van der Waals surface area contributed by atoms with Crippen molar-refractivity contribution < 1.29 is 14.3 Å². The number of nitrogens with one attached hydrogen (secondary N) is 1. The largest absolute Gasteiger partial charge is 0.457 e. The van der Waals surface area contributed by atoms with Crippen LogP contribution in [0.25, 0.3) is 0 Å². The molecule has 0 aromatic heterocycles. The van der Waals surface area contributed by atoms with Crippen molar-refractivity contribution in [3.05, 3.63) is 60.2 Å². The van der Waals surface area contributed by atoms with Crippen molar-refractivity contribution >= 4 is 6.09 Å². The van der Waals surface area contributed by atoms with Gasteiger partial charge in [-0.05, 0) is 29.8 Å². The zero-order valence-corrected chi connectivity index (χ0v) is 10.2. The van der Waals surface area contributed by atoms with E-state index in [1.54, 1.807) is 0 Å². The van der Waals surface area contributed by atoms with Crippen LogP contribution in [0.2, 0.25) is 0 Å². The lowest BCUT2D eigenvalue weighted by molar-refractivity contribution is 0.177. The van der Waals surface area contributed by atoms with Crippen molar-refractivity contribution in [2.24, 2.45) is 0 Å². The van der Waals surface area contributed by atoms with Gasteiger partial charge in [-0.15, -0.1) is 0 Å². The van der Waals surface area contributed by atoms with Gasteiger partial charge < -0.3 is 14.8 Å². The van der Waals surface area contributed by atoms with Crippen LogP contribution in [-0.4, -0.2) is 12.7 Å². The molecule has 3 rings (SSSR count). The molecule has 1 aliphatic rings. The minimum absolute atomic E-state index is 0.105. The highest BCUT2D eigenvalue weighted by molar-refractivity contribution is 5.70. The van der Waals surface area contributed by atoms with E-state index in [1.807, 2.05) is 54.6 Å². The van der Waals surface area contributed by atoms with Gasteiger partial charge in [0.05, 0.1) is 6.04 Å². The van der Waals surface area contributed by atoms with E-state index in [2.05, 4.69) is 5.32 Å². The number of para-hydroxylation sites is 1. The highest BCUT2D eigenvalue weighted by atomic mass is 16.6. The average molecular weight is 255 g/mol. The fourth-order valence-electron chi connectivity index (χ4n) is 1.98. The van der Waals surface area contributed by atoms with E-state index in [0.29, 0.717) is 6.61 Å². The first kappa shape index (κ1) is 11.6. The van der Waals surface area contributed by atoms with Crippen LogP contribution in [0.1, 0.15) is 11.6 Å². The number of rotatable bonds is 3. The van der Waals surface area contributed by atoms with Gasteiger partial charge in [0.2, 0.25) is 0 Å². The quantitative estimate of drug-likeness (QED) is 0.915. The third kappa shape index (κ3) is 2.68. The molecule has 4 nitrogen and oxygen atoms in total. The molecule has 4 heteroatoms. The monoisotopic (exact) mass is 255 g/mol. The maximum absolute atomic E-state index is 11.0. The van der Waals surface area contributed by atoms with Crippen molar-refractivity contribution in [3.8, 4) is 11.5 Å². The number of alkyl carbamates (subject to hydrolysis) is 1. The van der Waals surface area contributed by atoms with Crippen LogP contribution in [0.4, 0.5) is 4.79 Å². The van der Waals surface area contributed by atoms with Crippen molar-refractivity contribution in [2.45, 2.75) is 6.04 Å². The van der Waals surface area contributed by atoms with Crippen LogP contribution in [-0.2, 0) is 4.74 Å². The molecule has 0 radical (unpaired) electrons. The molecule has 0 saturated carbocycles. The molecule has 19 heavy (non-hydrogen) atoms. The van der Waals surface area contributed by atoms with Gasteiger partial charge in [-0.1, -0.05) is 30.3 Å². The van der Waals surface area contributed by atoms with Gasteiger partial charge in [0, 0.05) is 0 Å². The molecule has 1 amide bonds. The molecule has 2 aromatic rings. The topological polar surface area (TPSA) is 47.6 Å². The lowest BCUT2D eigenvalue weighted by atomic mass is 10.1. The molecule has 1 fully saturated rings. The van der Waals surface area contributed by atoms with Crippen LogP contribution in [0, 0.1) is 0 Å². The Morgan fingerprint density at radius 2 is 1.84 bits per heavy atom. The minimum atomic E-state index is -0.376. The number of hydrogen-bond acceptors (Lipinski definition) is 3. The van der Waals surface area contributed by atoms with Crippen molar-refractivity contribution in [2.75, 3.05) is 6.61 Å². The maximum atomic E-state index is 11.0. The lowest BCUT2D eigenvalue weighted by Crippen LogP contribution is -2.18. The Morgan fingerprint density at radius 1 is 1.05 bits per heavy atom. The minimum Gasteiger partial charge on any atom is -0.457 e. The summed E-state index contributed by atoms with van der Waals surface area (Å²) in [6.07, 6.45) is -0.376. The Morgan fingerprint density at radius 3 is 2.58 bits per heavy atom. The third-order valence-corrected chi connectivity index (χ3v) is 2.91. The van der Waals surface area contributed by atoms with E-state index in [9.17, 15) is 4.79 Å². The highest BCUT2D eigenvalue weighted by Crippen LogP contribution is 2.25. The van der Waals surface area contributed by atoms with E-state index in [1.165, 1.54) is 0 Å². The van der Waals surface area contributed by atoms with Gasteiger partial charge in [0.15, 0.2) is 0 Å². The summed E-state index contributed by atoms with van der Waals surface area (Å²) < 4.78 is 10.6. The molecule has 1 aliphatic heterocycles. The second-order valence-electron chi connectivity index (χ2n) is 4.28. The number of carbonyl (C=O) groups excluding carboxylic acids is 1. The van der Waals surface area contributed by atoms with Crippen molar-refractivity contribution in [1.82, 2.24) is 5.32 Å². The van der Waals surface area contributed by atoms with Crippen LogP contribution in [0.5, 0.6) is 11.5 Å². The van der Waals surface area contributed by atoms with Crippen LogP contribution >= 0.6 is 0 Å². The molecule has 0 aliphatic carbocycles. The van der Waals surface area contributed by atoms with E-state index in [-0.39, 0.29) is 12.1 Å². The molecular formula is C15H13NO3. The molecule has 1 N–H and O–H groups in total. The van der Waals surface area contributed by atoms with E-state index in [0.717, 1.165) is 17.1 Å². The van der Waals surface area contributed by atoms with Gasteiger partial charge >= 0.3 is 6.09 Å². The summed E-state index contributed by atoms with van der Waals surface area (Å²) in [5.74, 6) is 1.52. The second kappa shape index (κ2) is 5.02. The molecule has 2 aromatic carbocycles. The molecule has 1 atom stereocenters. The smallest absolute Gasteiger partial charge is 0.407 e. The van der Waals surface area contributed by atoms with Gasteiger partial charge in [0.1, 0.15) is 18.1 Å². The van der Waals surface area contributed by atoms with Gasteiger partial charge in [-0.3, -0.25) is 0 Å². The predicted molar refractivity (Wildman–Crippen MR) is 70.2 cm³/mol. The van der Waals surface area contributed by atoms with Gasteiger partial charge in [-0.25, -0.2) is 4.79 Å². The van der Waals surface area contributed by atoms with Crippen molar-refractivity contribution in [3.63, 3.8) is 0 Å². The Hall–Kier alpha value is -2.49. The number of amides is 1. The summed E-state index contributed by atoms with van der Waals surface area (Å²) in [6.45, 7) is 0.355. The first-order valence-corrected chi connectivity index (χ1v) is 6.07. The maximum Gasteiger partial charge on any atom is 0.407 e. The zero-order valence-electron chi connectivity index (χ0n) is 10.2. The highest BCUT2D eigenvalue weighted by Gasteiger charge is 2.23. The third-order valence-electron chi connectivity index (χ3n) is 2.91. The molecule has 96 valence electrons. The number of hydrogen-bond donors (Lipinski definition) is 1. The first-order valence-electron chi connectivity index (χ1n) is 6.07. The number of carbonyl (C=O) groups is 1. The fourth-order valence-corrected chi connectivity index (χ4v) is 1.98. The lowest BCUT2D eigenvalue weighted by Gasteiger charge is -2.10. The number of cyclic esters (lactones) is 1. The average Bonchev–Trinajstić information content (AvgIpc) is 2.87. The first-order chi connectivity index (χ1) is 9.31. The number of benzene rings is 2.